The Morgan fingerprint density at radius 1 is 1.50 bits per heavy atom. The van der Waals surface area contributed by atoms with E-state index in [0.717, 1.165) is 0 Å². The predicted molar refractivity (Wildman–Crippen MR) is 38.3 cm³/mol. The van der Waals surface area contributed by atoms with E-state index in [9.17, 15) is 9.59 Å². The Balaban J connectivity index is 3.54. The Morgan fingerprint density at radius 2 is 2.10 bits per heavy atom. The Kier molecular flexibility index (Phi) is 4.20. The van der Waals surface area contributed by atoms with Crippen molar-refractivity contribution in [2.45, 2.75) is 20.3 Å². The molecule has 0 aliphatic rings. The summed E-state index contributed by atoms with van der Waals surface area (Å²) in [5.74, 6) is -0.382. The molecule has 3 heteroatoms. The third-order valence-electron chi connectivity index (χ3n) is 0.820. The molecule has 0 aromatic heterocycles. The summed E-state index contributed by atoms with van der Waals surface area (Å²) < 4.78 is 0. The SMILES string of the molecule is C/C=C/NC(=O)CC(C)=O. The Morgan fingerprint density at radius 3 is 2.50 bits per heavy atom. The second-order valence-corrected chi connectivity index (χ2v) is 1.95. The van der Waals surface area contributed by atoms with Crippen LogP contribution in [0.5, 0.6) is 0 Å². The minimum Gasteiger partial charge on any atom is -0.333 e. The van der Waals surface area contributed by atoms with Gasteiger partial charge in [0.25, 0.3) is 0 Å². The third-order valence-corrected chi connectivity index (χ3v) is 0.820. The van der Waals surface area contributed by atoms with E-state index in [-0.39, 0.29) is 18.1 Å². The molecule has 0 bridgehead atoms. The number of rotatable bonds is 3. The van der Waals surface area contributed by atoms with E-state index in [0.29, 0.717) is 0 Å². The summed E-state index contributed by atoms with van der Waals surface area (Å²) in [5.41, 5.74) is 0. The molecule has 56 valence electrons. The van der Waals surface area contributed by atoms with Crippen molar-refractivity contribution in [3.8, 4) is 0 Å². The number of amides is 1. The standard InChI is InChI=1S/C7H11NO2/c1-3-4-8-7(10)5-6(2)9/h3-4H,5H2,1-2H3,(H,8,10)/b4-3+. The number of Topliss-reactive ketones (excluding diaryl/α,β-unsaturated/α-hetero) is 1. The van der Waals surface area contributed by atoms with E-state index in [1.54, 1.807) is 13.0 Å². The summed E-state index contributed by atoms with van der Waals surface area (Å²) in [5, 5.41) is 2.42. The molecule has 0 aromatic rings. The van der Waals surface area contributed by atoms with Crippen molar-refractivity contribution in [1.29, 1.82) is 0 Å². The van der Waals surface area contributed by atoms with Gasteiger partial charge in [-0.05, 0) is 20.0 Å². The van der Waals surface area contributed by atoms with Crippen LogP contribution in [0, 0.1) is 0 Å². The number of ketones is 1. The first-order valence-electron chi connectivity index (χ1n) is 3.06. The van der Waals surface area contributed by atoms with Crippen molar-refractivity contribution in [3.05, 3.63) is 12.3 Å². The monoisotopic (exact) mass is 141 g/mol. The zero-order chi connectivity index (χ0) is 7.98. The zero-order valence-corrected chi connectivity index (χ0v) is 6.18. The van der Waals surface area contributed by atoms with E-state index in [4.69, 9.17) is 0 Å². The summed E-state index contributed by atoms with van der Waals surface area (Å²) >= 11 is 0. The fourth-order valence-electron chi connectivity index (χ4n) is 0.453. The number of nitrogens with one attached hydrogen (secondary N) is 1. The van der Waals surface area contributed by atoms with Crippen LogP contribution in [-0.4, -0.2) is 11.7 Å². The molecular weight excluding hydrogens is 130 g/mol. The van der Waals surface area contributed by atoms with Crippen molar-refractivity contribution >= 4 is 11.7 Å². The molecule has 0 unspecified atom stereocenters. The van der Waals surface area contributed by atoms with Gasteiger partial charge in [-0.3, -0.25) is 9.59 Å². The van der Waals surface area contributed by atoms with Gasteiger partial charge in [-0.1, -0.05) is 6.08 Å². The first kappa shape index (κ1) is 8.88. The molecule has 0 aliphatic heterocycles. The number of carbonyl (C=O) groups is 2. The lowest BCUT2D eigenvalue weighted by Crippen LogP contribution is -2.19. The minimum absolute atomic E-state index is 0.0374. The van der Waals surface area contributed by atoms with Crippen LogP contribution in [-0.2, 0) is 9.59 Å². The molecule has 1 N–H and O–H groups in total. The predicted octanol–water partition coefficient (Wildman–Crippen LogP) is 0.615. The maximum Gasteiger partial charge on any atom is 0.231 e. The molecule has 0 heterocycles. The van der Waals surface area contributed by atoms with E-state index < -0.39 is 0 Å². The van der Waals surface area contributed by atoms with E-state index >= 15 is 0 Å². The lowest BCUT2D eigenvalue weighted by molar-refractivity contribution is -0.126. The number of allylic oxidation sites excluding steroid dienone is 1. The molecule has 0 atom stereocenters. The number of hydrogen-bond acceptors (Lipinski definition) is 2. The molecule has 0 radical (unpaired) electrons. The molecule has 0 saturated carbocycles. The van der Waals surface area contributed by atoms with Crippen molar-refractivity contribution in [2.24, 2.45) is 0 Å². The maximum atomic E-state index is 10.6. The van der Waals surface area contributed by atoms with Crippen LogP contribution >= 0.6 is 0 Å². The van der Waals surface area contributed by atoms with Gasteiger partial charge in [0.1, 0.15) is 5.78 Å². The summed E-state index contributed by atoms with van der Waals surface area (Å²) in [4.78, 5) is 21.0. The zero-order valence-electron chi connectivity index (χ0n) is 6.18. The van der Waals surface area contributed by atoms with Crippen LogP contribution in [0.4, 0.5) is 0 Å². The van der Waals surface area contributed by atoms with Crippen molar-refractivity contribution in [1.82, 2.24) is 5.32 Å². The lowest BCUT2D eigenvalue weighted by atomic mass is 10.3. The second kappa shape index (κ2) is 4.73. The van der Waals surface area contributed by atoms with Crippen LogP contribution < -0.4 is 5.32 Å². The molecular formula is C7H11NO2. The van der Waals surface area contributed by atoms with Gasteiger partial charge < -0.3 is 5.32 Å². The van der Waals surface area contributed by atoms with Gasteiger partial charge in [0.05, 0.1) is 6.42 Å². The van der Waals surface area contributed by atoms with E-state index in [1.165, 1.54) is 13.1 Å². The normalized spacial score (nSPS) is 9.80. The summed E-state index contributed by atoms with van der Waals surface area (Å²) in [6, 6.07) is 0. The average Bonchev–Trinajstić information content (AvgIpc) is 1.82. The molecule has 1 amide bonds. The Labute approximate surface area is 60.1 Å². The van der Waals surface area contributed by atoms with Crippen LogP contribution in [0.25, 0.3) is 0 Å². The van der Waals surface area contributed by atoms with Gasteiger partial charge in [-0.15, -0.1) is 0 Å². The Hall–Kier alpha value is -1.12. The second-order valence-electron chi connectivity index (χ2n) is 1.95. The van der Waals surface area contributed by atoms with Crippen LogP contribution in [0.1, 0.15) is 20.3 Å². The topological polar surface area (TPSA) is 46.2 Å². The van der Waals surface area contributed by atoms with Crippen molar-refractivity contribution in [2.75, 3.05) is 0 Å². The van der Waals surface area contributed by atoms with E-state index in [2.05, 4.69) is 5.32 Å². The highest BCUT2D eigenvalue weighted by Crippen LogP contribution is 1.80. The van der Waals surface area contributed by atoms with Gasteiger partial charge in [0, 0.05) is 0 Å². The highest BCUT2D eigenvalue weighted by atomic mass is 16.2. The number of hydrogen-bond donors (Lipinski definition) is 1. The molecule has 0 saturated heterocycles. The first-order chi connectivity index (χ1) is 4.66. The van der Waals surface area contributed by atoms with Crippen LogP contribution in [0.15, 0.2) is 12.3 Å². The molecule has 10 heavy (non-hydrogen) atoms. The highest BCUT2D eigenvalue weighted by Gasteiger charge is 2.00. The third kappa shape index (κ3) is 5.03. The van der Waals surface area contributed by atoms with Gasteiger partial charge in [0.15, 0.2) is 0 Å². The van der Waals surface area contributed by atoms with Crippen molar-refractivity contribution in [3.63, 3.8) is 0 Å². The largest absolute Gasteiger partial charge is 0.333 e. The maximum absolute atomic E-state index is 10.6. The average molecular weight is 141 g/mol. The van der Waals surface area contributed by atoms with Gasteiger partial charge in [0.2, 0.25) is 5.91 Å². The van der Waals surface area contributed by atoms with Crippen molar-refractivity contribution < 1.29 is 9.59 Å². The Bertz CT molecular complexity index is 161. The summed E-state index contributed by atoms with van der Waals surface area (Å²) in [6.07, 6.45) is 3.16. The molecule has 0 aromatic carbocycles. The quantitative estimate of drug-likeness (QED) is 0.585. The van der Waals surface area contributed by atoms with Gasteiger partial charge in [-0.25, -0.2) is 0 Å². The van der Waals surface area contributed by atoms with Gasteiger partial charge in [-0.2, -0.15) is 0 Å². The molecule has 0 aliphatic carbocycles. The fraction of sp³-hybridized carbons (Fsp3) is 0.429. The van der Waals surface area contributed by atoms with E-state index in [1.807, 2.05) is 0 Å². The summed E-state index contributed by atoms with van der Waals surface area (Å²) in [6.45, 7) is 3.17. The van der Waals surface area contributed by atoms with Crippen LogP contribution in [0.3, 0.4) is 0 Å². The first-order valence-corrected chi connectivity index (χ1v) is 3.06. The molecule has 0 spiro atoms. The molecule has 0 rings (SSSR count). The smallest absolute Gasteiger partial charge is 0.231 e. The molecule has 0 fully saturated rings. The summed E-state index contributed by atoms with van der Waals surface area (Å²) in [7, 11) is 0. The van der Waals surface area contributed by atoms with Gasteiger partial charge >= 0.3 is 0 Å². The minimum atomic E-state index is -0.259. The molecule has 3 nitrogen and oxygen atoms in total. The number of carbonyl (C=O) groups excluding carboxylic acids is 2. The van der Waals surface area contributed by atoms with Crippen LogP contribution in [0.2, 0.25) is 0 Å². The highest BCUT2D eigenvalue weighted by molar-refractivity contribution is 5.97. The lowest BCUT2D eigenvalue weighted by Gasteiger charge is -1.93. The fourth-order valence-corrected chi connectivity index (χ4v) is 0.453.